The third-order valence-electron chi connectivity index (χ3n) is 5.39. The third-order valence-corrected chi connectivity index (χ3v) is 5.39. The smallest absolute Gasteiger partial charge is 0.295 e. The molecular formula is C22H23N5O3. The molecule has 30 heavy (non-hydrogen) atoms. The molecule has 0 saturated carbocycles. The van der Waals surface area contributed by atoms with Gasteiger partial charge in [0.1, 0.15) is 5.76 Å². The standard InChI is InChI=1S/C22H23N5O3/c1-14-17(15(2)25-24-14)20(28)18-19(16-7-4-3-5-8-16)27(22(30)21(18)29)11-6-10-26-12-9-23-13-26/h3-5,7-9,12-13,19,28H,6,10-11H2,1-2H3,(H,24,25)/b20-18+/t19-/m1/s1. The molecule has 1 atom stereocenters. The molecule has 1 saturated heterocycles. The quantitative estimate of drug-likeness (QED) is 0.373. The summed E-state index contributed by atoms with van der Waals surface area (Å²) in [5.41, 5.74) is 2.56. The summed E-state index contributed by atoms with van der Waals surface area (Å²) in [6, 6.07) is 8.66. The average Bonchev–Trinajstić information content (AvgIpc) is 3.44. The number of aryl methyl sites for hydroxylation is 3. The van der Waals surface area contributed by atoms with Crippen LogP contribution in [-0.4, -0.2) is 48.0 Å². The van der Waals surface area contributed by atoms with Gasteiger partial charge in [0.25, 0.3) is 11.7 Å². The van der Waals surface area contributed by atoms with Gasteiger partial charge >= 0.3 is 0 Å². The Bertz CT molecular complexity index is 1080. The second-order valence-electron chi connectivity index (χ2n) is 7.37. The number of hydrogen-bond acceptors (Lipinski definition) is 5. The number of imidazole rings is 1. The molecule has 8 heteroatoms. The number of carbonyl (C=O) groups is 2. The molecule has 4 rings (SSSR count). The van der Waals surface area contributed by atoms with Gasteiger partial charge in [-0.1, -0.05) is 30.3 Å². The van der Waals surface area contributed by atoms with Crippen molar-refractivity contribution in [1.82, 2.24) is 24.6 Å². The predicted octanol–water partition coefficient (Wildman–Crippen LogP) is 2.74. The molecule has 3 aromatic rings. The summed E-state index contributed by atoms with van der Waals surface area (Å²) in [6.45, 7) is 4.57. The van der Waals surface area contributed by atoms with Gasteiger partial charge in [0, 0.05) is 31.2 Å². The number of Topliss-reactive ketones (excluding diaryl/α,β-unsaturated/α-hetero) is 1. The van der Waals surface area contributed by atoms with Crippen molar-refractivity contribution < 1.29 is 14.7 Å². The third kappa shape index (κ3) is 3.41. The molecule has 2 N–H and O–H groups in total. The van der Waals surface area contributed by atoms with E-state index in [4.69, 9.17) is 0 Å². The van der Waals surface area contributed by atoms with Crippen molar-refractivity contribution in [1.29, 1.82) is 0 Å². The molecule has 0 aliphatic carbocycles. The van der Waals surface area contributed by atoms with E-state index < -0.39 is 17.7 Å². The van der Waals surface area contributed by atoms with Gasteiger partial charge in [0.05, 0.1) is 29.2 Å². The summed E-state index contributed by atoms with van der Waals surface area (Å²) in [6.07, 6.45) is 5.92. The molecule has 1 aliphatic heterocycles. The molecule has 1 aliphatic rings. The highest BCUT2D eigenvalue weighted by Gasteiger charge is 2.46. The maximum absolute atomic E-state index is 13.0. The van der Waals surface area contributed by atoms with Crippen molar-refractivity contribution in [3.05, 3.63) is 77.1 Å². The Hall–Kier alpha value is -3.68. The summed E-state index contributed by atoms with van der Waals surface area (Å²) in [5, 5.41) is 18.0. The van der Waals surface area contributed by atoms with Crippen molar-refractivity contribution in [3.63, 3.8) is 0 Å². The number of nitrogens with zero attached hydrogens (tertiary/aromatic N) is 4. The highest BCUT2D eigenvalue weighted by Crippen LogP contribution is 2.40. The largest absolute Gasteiger partial charge is 0.507 e. The molecule has 0 radical (unpaired) electrons. The summed E-state index contributed by atoms with van der Waals surface area (Å²) >= 11 is 0. The van der Waals surface area contributed by atoms with Crippen LogP contribution < -0.4 is 0 Å². The molecule has 0 unspecified atom stereocenters. The molecule has 1 fully saturated rings. The number of nitrogens with one attached hydrogen (secondary N) is 1. The Labute approximate surface area is 173 Å². The number of ketones is 1. The first-order valence-corrected chi connectivity index (χ1v) is 9.80. The minimum absolute atomic E-state index is 0.0985. The van der Waals surface area contributed by atoms with E-state index in [1.54, 1.807) is 31.3 Å². The van der Waals surface area contributed by atoms with E-state index in [0.717, 1.165) is 5.56 Å². The van der Waals surface area contributed by atoms with Gasteiger partial charge in [-0.15, -0.1) is 0 Å². The summed E-state index contributed by atoms with van der Waals surface area (Å²) in [7, 11) is 0. The zero-order chi connectivity index (χ0) is 21.3. The zero-order valence-corrected chi connectivity index (χ0v) is 16.9. The van der Waals surface area contributed by atoms with E-state index in [1.165, 1.54) is 0 Å². The lowest BCUT2D eigenvalue weighted by Gasteiger charge is -2.25. The topological polar surface area (TPSA) is 104 Å². The average molecular weight is 405 g/mol. The maximum Gasteiger partial charge on any atom is 0.295 e. The fraction of sp³-hybridized carbons (Fsp3) is 0.273. The highest BCUT2D eigenvalue weighted by molar-refractivity contribution is 6.46. The first-order chi connectivity index (χ1) is 14.5. The van der Waals surface area contributed by atoms with Crippen LogP contribution >= 0.6 is 0 Å². The van der Waals surface area contributed by atoms with Crippen LogP contribution in [0.5, 0.6) is 0 Å². The lowest BCUT2D eigenvalue weighted by Crippen LogP contribution is -2.31. The molecule has 1 amide bonds. The fourth-order valence-electron chi connectivity index (χ4n) is 3.97. The first-order valence-electron chi connectivity index (χ1n) is 9.80. The Morgan fingerprint density at radius 2 is 1.93 bits per heavy atom. The number of hydrogen-bond donors (Lipinski definition) is 2. The lowest BCUT2D eigenvalue weighted by molar-refractivity contribution is -0.139. The number of rotatable bonds is 6. The lowest BCUT2D eigenvalue weighted by atomic mass is 9.94. The number of carbonyl (C=O) groups excluding carboxylic acids is 2. The number of aliphatic hydroxyl groups excluding tert-OH is 1. The molecule has 154 valence electrons. The van der Waals surface area contributed by atoms with E-state index in [2.05, 4.69) is 15.2 Å². The second kappa shape index (κ2) is 7.98. The Kier molecular flexibility index (Phi) is 5.22. The van der Waals surface area contributed by atoms with Gasteiger partial charge in [-0.25, -0.2) is 4.98 Å². The van der Waals surface area contributed by atoms with Crippen LogP contribution in [0.15, 0.2) is 54.6 Å². The van der Waals surface area contributed by atoms with Gasteiger partial charge in [0.15, 0.2) is 0 Å². The minimum Gasteiger partial charge on any atom is -0.507 e. The van der Waals surface area contributed by atoms with Crippen molar-refractivity contribution in [2.24, 2.45) is 0 Å². The van der Waals surface area contributed by atoms with E-state index in [1.807, 2.05) is 41.1 Å². The molecule has 3 heterocycles. The fourth-order valence-corrected chi connectivity index (χ4v) is 3.97. The molecule has 0 spiro atoms. The van der Waals surface area contributed by atoms with E-state index in [-0.39, 0.29) is 11.3 Å². The second-order valence-corrected chi connectivity index (χ2v) is 7.37. The molecule has 8 nitrogen and oxygen atoms in total. The minimum atomic E-state index is -0.677. The Morgan fingerprint density at radius 1 is 1.17 bits per heavy atom. The molecule has 0 bridgehead atoms. The number of aromatic amines is 1. The highest BCUT2D eigenvalue weighted by atomic mass is 16.3. The number of H-pyrrole nitrogens is 1. The van der Waals surface area contributed by atoms with Crippen LogP contribution in [0.3, 0.4) is 0 Å². The monoisotopic (exact) mass is 405 g/mol. The Morgan fingerprint density at radius 3 is 2.57 bits per heavy atom. The molecular weight excluding hydrogens is 382 g/mol. The van der Waals surface area contributed by atoms with Crippen molar-refractivity contribution >= 4 is 17.4 Å². The normalized spacial score (nSPS) is 18.3. The Balaban J connectivity index is 1.74. The van der Waals surface area contributed by atoms with Gasteiger partial charge < -0.3 is 14.6 Å². The van der Waals surface area contributed by atoms with Crippen LogP contribution in [0, 0.1) is 13.8 Å². The van der Waals surface area contributed by atoms with Crippen molar-refractivity contribution in [3.8, 4) is 0 Å². The predicted molar refractivity (Wildman–Crippen MR) is 110 cm³/mol. The van der Waals surface area contributed by atoms with Gasteiger partial charge in [-0.05, 0) is 25.8 Å². The van der Waals surface area contributed by atoms with E-state index in [9.17, 15) is 14.7 Å². The van der Waals surface area contributed by atoms with Crippen molar-refractivity contribution in [2.45, 2.75) is 32.9 Å². The first kappa shape index (κ1) is 19.6. The SMILES string of the molecule is Cc1n[nH]c(C)c1/C(O)=C1\C(=O)C(=O)N(CCCn2ccnc2)[C@@H]1c1ccccc1. The van der Waals surface area contributed by atoms with Crippen LogP contribution in [-0.2, 0) is 16.1 Å². The number of benzene rings is 1. The van der Waals surface area contributed by atoms with Crippen LogP contribution in [0.2, 0.25) is 0 Å². The van der Waals surface area contributed by atoms with Crippen LogP contribution in [0.25, 0.3) is 5.76 Å². The summed E-state index contributed by atoms with van der Waals surface area (Å²) < 4.78 is 1.92. The van der Waals surface area contributed by atoms with E-state index in [0.29, 0.717) is 36.5 Å². The number of likely N-dealkylation sites (tertiary alicyclic amines) is 1. The van der Waals surface area contributed by atoms with Crippen LogP contribution in [0.4, 0.5) is 0 Å². The zero-order valence-electron chi connectivity index (χ0n) is 16.9. The van der Waals surface area contributed by atoms with Gasteiger partial charge in [0.2, 0.25) is 0 Å². The summed E-state index contributed by atoms with van der Waals surface area (Å²) in [5.74, 6) is -1.47. The number of aromatic nitrogens is 4. The van der Waals surface area contributed by atoms with Gasteiger partial charge in [-0.2, -0.15) is 5.10 Å². The summed E-state index contributed by atoms with van der Waals surface area (Å²) in [4.78, 5) is 31.5. The van der Waals surface area contributed by atoms with Crippen LogP contribution in [0.1, 0.15) is 35.0 Å². The van der Waals surface area contributed by atoms with Gasteiger partial charge in [-0.3, -0.25) is 14.7 Å². The molecule has 2 aromatic heterocycles. The number of amides is 1. The molecule has 1 aromatic carbocycles. The van der Waals surface area contributed by atoms with Crippen molar-refractivity contribution in [2.75, 3.05) is 6.54 Å². The maximum atomic E-state index is 13.0. The number of aliphatic hydroxyl groups is 1. The van der Waals surface area contributed by atoms with E-state index >= 15 is 0 Å².